The Morgan fingerprint density at radius 1 is 0.310 bits per heavy atom. The molecule has 0 aliphatic heterocycles. The Hall–Kier alpha value is -8.54. The minimum atomic E-state index is -1.00. The third kappa shape index (κ3) is 13.1. The van der Waals surface area contributed by atoms with Crippen molar-refractivity contribution in [3.63, 3.8) is 0 Å². The predicted octanol–water partition coefficient (Wildman–Crippen LogP) is 12.8. The van der Waals surface area contributed by atoms with Gasteiger partial charge in [0.1, 0.15) is 0 Å². The summed E-state index contributed by atoms with van der Waals surface area (Å²) in [5.41, 5.74) is 4.71. The zero-order valence-electron chi connectivity index (χ0n) is 47.6. The molecule has 4 atom stereocenters. The monoisotopic (exact) mass is 1140 g/mol. The molecular formula is C74H70N4O4P2. The summed E-state index contributed by atoms with van der Waals surface area (Å²) in [7, 11) is -1.91. The normalized spacial score (nSPS) is 16.7. The van der Waals surface area contributed by atoms with Gasteiger partial charge >= 0.3 is 0 Å². The van der Waals surface area contributed by atoms with E-state index in [1.54, 1.807) is 0 Å². The third-order valence-electron chi connectivity index (χ3n) is 16.4. The van der Waals surface area contributed by atoms with Gasteiger partial charge in [0, 0.05) is 35.3 Å². The van der Waals surface area contributed by atoms with Crippen molar-refractivity contribution in [1.82, 2.24) is 21.3 Å². The van der Waals surface area contributed by atoms with Crippen molar-refractivity contribution in [2.75, 3.05) is 0 Å². The molecule has 0 aromatic heterocycles. The first kappa shape index (κ1) is 57.3. The molecule has 2 aliphatic rings. The highest BCUT2D eigenvalue weighted by Gasteiger charge is 2.33. The lowest BCUT2D eigenvalue weighted by atomic mass is 9.89. The second-order valence-corrected chi connectivity index (χ2v) is 26.3. The molecule has 10 aromatic rings. The van der Waals surface area contributed by atoms with Crippen LogP contribution in [0, 0.1) is 13.8 Å². The first-order valence-electron chi connectivity index (χ1n) is 29.4. The molecule has 0 unspecified atom stereocenters. The Labute approximate surface area is 496 Å². The van der Waals surface area contributed by atoms with Crippen LogP contribution in [0.5, 0.6) is 0 Å². The van der Waals surface area contributed by atoms with Gasteiger partial charge in [-0.25, -0.2) is 0 Å². The van der Waals surface area contributed by atoms with Crippen LogP contribution in [0.15, 0.2) is 243 Å². The van der Waals surface area contributed by atoms with Gasteiger partial charge < -0.3 is 21.3 Å². The van der Waals surface area contributed by atoms with Crippen LogP contribution >= 0.6 is 15.8 Å². The van der Waals surface area contributed by atoms with E-state index < -0.39 is 15.8 Å². The Morgan fingerprint density at radius 3 is 1.13 bits per heavy atom. The Balaban J connectivity index is 0.000000179. The molecule has 0 spiro atoms. The summed E-state index contributed by atoms with van der Waals surface area (Å²) in [5.74, 6) is -0.324. The lowest BCUT2D eigenvalue weighted by Gasteiger charge is -2.33. The zero-order chi connectivity index (χ0) is 57.8. The Bertz CT molecular complexity index is 3840. The van der Waals surface area contributed by atoms with Crippen LogP contribution in [0.3, 0.4) is 0 Å². The summed E-state index contributed by atoms with van der Waals surface area (Å²) in [6.45, 7) is 3.94. The maximum absolute atomic E-state index is 14.6. The molecular weight excluding hydrogens is 1070 g/mol. The molecule has 420 valence electrons. The number of hydrogen-bond acceptors (Lipinski definition) is 4. The molecule has 10 heteroatoms. The highest BCUT2D eigenvalue weighted by atomic mass is 31.1. The number of carbonyl (C=O) groups is 4. The summed E-state index contributed by atoms with van der Waals surface area (Å²) >= 11 is 0. The van der Waals surface area contributed by atoms with Gasteiger partial charge in [-0.3, -0.25) is 19.2 Å². The number of carbonyl (C=O) groups excluding carboxylic acids is 4. The van der Waals surface area contributed by atoms with E-state index in [1.807, 2.05) is 123 Å². The smallest absolute Gasteiger partial charge is 0.252 e. The fourth-order valence-corrected chi connectivity index (χ4v) is 17.1. The van der Waals surface area contributed by atoms with E-state index in [2.05, 4.69) is 155 Å². The zero-order valence-corrected chi connectivity index (χ0v) is 49.4. The largest absolute Gasteiger partial charge is 0.347 e. The molecule has 8 nitrogen and oxygen atoms in total. The van der Waals surface area contributed by atoms with Gasteiger partial charge in [0.15, 0.2) is 0 Å². The minimum Gasteiger partial charge on any atom is -0.347 e. The van der Waals surface area contributed by atoms with E-state index in [9.17, 15) is 19.2 Å². The highest BCUT2D eigenvalue weighted by molar-refractivity contribution is 7.80. The lowest BCUT2D eigenvalue weighted by Crippen LogP contribution is -2.53. The summed E-state index contributed by atoms with van der Waals surface area (Å²) in [4.78, 5) is 55.4. The van der Waals surface area contributed by atoms with Gasteiger partial charge in [-0.15, -0.1) is 0 Å². The average molecular weight is 1140 g/mol. The first-order chi connectivity index (χ1) is 41.2. The maximum Gasteiger partial charge on any atom is 0.252 e. The number of nitrogens with one attached hydrogen (secondary N) is 4. The molecule has 4 N–H and O–H groups in total. The van der Waals surface area contributed by atoms with Crippen molar-refractivity contribution in [2.45, 2.75) is 89.4 Å². The predicted molar refractivity (Wildman–Crippen MR) is 350 cm³/mol. The standard InChI is InChI=1S/C41H37N2O2P.C33H33N2O2P/c1-28-24-25-29-14-8-10-20-33(29)38(28)40(44)42-35-22-12-13-23-36(35)43-41(45)39-34-21-11-9-15-30(34)26-27-37(39)46(31-16-4-2-5-17-31)32-18-6-3-7-19-32;1-24-14-8-9-19-27(24)32(36)34-29-21-11-12-22-30(29)35-33(37)28-20-10-13-23-31(28)38(25-15-4-2-5-16-25)26-17-6-3-7-18-26/h2-11,14-21,24-27,35-36H,12-13,22-23H2,1H3,(H,42,44)(H,43,45);2-10,13-20,23,29-30H,11-12,21-22H2,1H3,(H,34,36)(H,35,37)/t35-,36-;29-,30-/m11/s1. The number of fused-ring (bicyclic) bond motifs is 2. The van der Waals surface area contributed by atoms with Gasteiger partial charge in [-0.1, -0.05) is 256 Å². The van der Waals surface area contributed by atoms with Crippen molar-refractivity contribution < 1.29 is 19.2 Å². The van der Waals surface area contributed by atoms with Crippen LogP contribution < -0.4 is 53.1 Å². The Kier molecular flexibility index (Phi) is 18.6. The topological polar surface area (TPSA) is 116 Å². The van der Waals surface area contributed by atoms with Crippen LogP contribution in [0.2, 0.25) is 0 Å². The number of amides is 4. The van der Waals surface area contributed by atoms with Crippen LogP contribution in [0.25, 0.3) is 21.5 Å². The lowest BCUT2D eigenvalue weighted by molar-refractivity contribution is 0.0863. The summed E-state index contributed by atoms with van der Waals surface area (Å²) in [5, 5.41) is 24.2. The van der Waals surface area contributed by atoms with E-state index in [1.165, 1.54) is 21.2 Å². The van der Waals surface area contributed by atoms with Gasteiger partial charge in [0.2, 0.25) is 0 Å². The second kappa shape index (κ2) is 27.2. The molecule has 4 amide bonds. The summed E-state index contributed by atoms with van der Waals surface area (Å²) < 4.78 is 0. The van der Waals surface area contributed by atoms with Crippen molar-refractivity contribution in [3.8, 4) is 0 Å². The van der Waals surface area contributed by atoms with E-state index in [-0.39, 0.29) is 47.8 Å². The molecule has 84 heavy (non-hydrogen) atoms. The van der Waals surface area contributed by atoms with Gasteiger partial charge in [-0.2, -0.15) is 0 Å². The third-order valence-corrected chi connectivity index (χ3v) is 21.4. The highest BCUT2D eigenvalue weighted by Crippen LogP contribution is 2.38. The van der Waals surface area contributed by atoms with Crippen molar-refractivity contribution in [3.05, 3.63) is 276 Å². The van der Waals surface area contributed by atoms with Crippen molar-refractivity contribution >= 4 is 92.8 Å². The van der Waals surface area contributed by atoms with E-state index in [0.29, 0.717) is 16.7 Å². The maximum atomic E-state index is 14.6. The van der Waals surface area contributed by atoms with Crippen LogP contribution in [0.1, 0.15) is 104 Å². The molecule has 0 heterocycles. The Morgan fingerprint density at radius 2 is 0.655 bits per heavy atom. The minimum absolute atomic E-state index is 0.0775. The first-order valence-corrected chi connectivity index (χ1v) is 32.1. The molecule has 10 aromatic carbocycles. The number of hydrogen-bond donors (Lipinski definition) is 4. The number of benzene rings is 10. The fraction of sp³-hybridized carbons (Fsp3) is 0.189. The second-order valence-electron chi connectivity index (χ2n) is 21.9. The van der Waals surface area contributed by atoms with E-state index >= 15 is 0 Å². The van der Waals surface area contributed by atoms with Crippen LogP contribution in [-0.2, 0) is 0 Å². The number of rotatable bonds is 14. The quantitative estimate of drug-likeness (QED) is 0.0812. The van der Waals surface area contributed by atoms with Gasteiger partial charge in [0.05, 0.1) is 11.1 Å². The molecule has 2 fully saturated rings. The summed E-state index contributed by atoms with van der Waals surface area (Å²) in [6, 6.07) is 81.4. The molecule has 2 saturated carbocycles. The fourth-order valence-electron chi connectivity index (χ4n) is 12.1. The van der Waals surface area contributed by atoms with Crippen molar-refractivity contribution in [2.24, 2.45) is 0 Å². The summed E-state index contributed by atoms with van der Waals surface area (Å²) in [6.07, 6.45) is 7.43. The van der Waals surface area contributed by atoms with E-state index in [0.717, 1.165) is 100 Å². The molecule has 12 rings (SSSR count). The van der Waals surface area contributed by atoms with Crippen LogP contribution in [0.4, 0.5) is 0 Å². The molecule has 0 saturated heterocycles. The molecule has 0 bridgehead atoms. The SMILES string of the molecule is Cc1ccc2ccccc2c1C(=O)N[C@@H]1CCCC[C@H]1NC(=O)c1c(P(c2ccccc2)c2ccccc2)ccc2ccccc12.Cc1ccccc1C(=O)N[C@@H]1CCCC[C@H]1NC(=O)c1ccccc1P(c1ccccc1)c1ccccc1. The molecule has 0 radical (unpaired) electrons. The van der Waals surface area contributed by atoms with Crippen LogP contribution in [-0.4, -0.2) is 47.8 Å². The van der Waals surface area contributed by atoms with E-state index in [4.69, 9.17) is 0 Å². The van der Waals surface area contributed by atoms with Crippen molar-refractivity contribution in [1.29, 1.82) is 0 Å². The van der Waals surface area contributed by atoms with Gasteiger partial charge in [-0.05, 0) is 132 Å². The average Bonchev–Trinajstić information content (AvgIpc) is 2.98. The molecule has 2 aliphatic carbocycles. The number of aryl methyl sites for hydroxylation is 2. The van der Waals surface area contributed by atoms with Gasteiger partial charge in [0.25, 0.3) is 23.6 Å².